The molecule has 0 aliphatic heterocycles. The Morgan fingerprint density at radius 2 is 1.80 bits per heavy atom. The fourth-order valence-corrected chi connectivity index (χ4v) is 5.11. The first-order valence-corrected chi connectivity index (χ1v) is 12.1. The van der Waals surface area contributed by atoms with Crippen LogP contribution < -0.4 is 5.32 Å². The van der Waals surface area contributed by atoms with Gasteiger partial charge in [0.1, 0.15) is 5.01 Å². The van der Waals surface area contributed by atoms with Gasteiger partial charge < -0.3 is 5.32 Å². The van der Waals surface area contributed by atoms with Gasteiger partial charge in [0, 0.05) is 15.6 Å². The maximum Gasteiger partial charge on any atom is 0.399 e. The summed E-state index contributed by atoms with van der Waals surface area (Å²) in [5, 5.41) is 3.91. The van der Waals surface area contributed by atoms with Crippen molar-refractivity contribution in [2.75, 3.05) is 0 Å². The van der Waals surface area contributed by atoms with Crippen LogP contribution in [0.3, 0.4) is 0 Å². The molecule has 0 aliphatic carbocycles. The molecule has 1 amide bonds. The highest BCUT2D eigenvalue weighted by molar-refractivity contribution is 7.18. The number of thiazole rings is 1. The van der Waals surface area contributed by atoms with Crippen LogP contribution in [0.15, 0.2) is 66.7 Å². The fourth-order valence-electron chi connectivity index (χ4n) is 3.66. The van der Waals surface area contributed by atoms with Gasteiger partial charge in [0.05, 0.1) is 22.7 Å². The topological polar surface area (TPSA) is 42.0 Å². The number of carbonyl (C=O) groups excluding carboxylic acids is 1. The van der Waals surface area contributed by atoms with Crippen molar-refractivity contribution >= 4 is 56.7 Å². The van der Waals surface area contributed by atoms with Crippen molar-refractivity contribution in [3.8, 4) is 0 Å². The number of allylic oxidation sites excluding steroid dienone is 1. The molecule has 0 spiro atoms. The summed E-state index contributed by atoms with van der Waals surface area (Å²) in [5.74, 6) is -2.16. The van der Waals surface area contributed by atoms with Crippen molar-refractivity contribution in [3.05, 3.63) is 104 Å². The fraction of sp³-hybridized carbons (Fsp3) is 0.154. The summed E-state index contributed by atoms with van der Waals surface area (Å²) in [6, 6.07) is 16.5. The van der Waals surface area contributed by atoms with E-state index in [1.807, 2.05) is 24.3 Å². The van der Waals surface area contributed by atoms with E-state index in [2.05, 4.69) is 10.3 Å². The minimum Gasteiger partial charge on any atom is -0.346 e. The van der Waals surface area contributed by atoms with E-state index in [-0.39, 0.29) is 28.1 Å². The van der Waals surface area contributed by atoms with Crippen molar-refractivity contribution < 1.29 is 18.0 Å². The number of aryl methyl sites for hydroxylation is 1. The quantitative estimate of drug-likeness (QED) is 0.271. The van der Waals surface area contributed by atoms with Crippen LogP contribution in [0.2, 0.25) is 10.0 Å². The SMILES string of the molecule is Cc1cc(/C=C/C(c2cc(Cl)cc(Cl)c2)C(F)(F)F)ccc1C(=O)NCc1nc2ccccc2s1. The van der Waals surface area contributed by atoms with Gasteiger partial charge in [0.2, 0.25) is 0 Å². The van der Waals surface area contributed by atoms with Gasteiger partial charge in [0.15, 0.2) is 0 Å². The highest BCUT2D eigenvalue weighted by atomic mass is 35.5. The summed E-state index contributed by atoms with van der Waals surface area (Å²) >= 11 is 13.3. The lowest BCUT2D eigenvalue weighted by molar-refractivity contribution is -0.139. The van der Waals surface area contributed by atoms with Crippen LogP contribution in [0.25, 0.3) is 16.3 Å². The molecule has 0 fully saturated rings. The second kappa shape index (κ2) is 10.4. The summed E-state index contributed by atoms with van der Waals surface area (Å²) in [6.45, 7) is 2.02. The molecule has 3 nitrogen and oxygen atoms in total. The van der Waals surface area contributed by atoms with Gasteiger partial charge in [-0.25, -0.2) is 4.98 Å². The second-order valence-electron chi connectivity index (χ2n) is 7.91. The van der Waals surface area contributed by atoms with Crippen molar-refractivity contribution in [2.45, 2.75) is 25.6 Å². The van der Waals surface area contributed by atoms with Crippen LogP contribution in [0.1, 0.15) is 38.0 Å². The number of nitrogens with one attached hydrogen (secondary N) is 1. The maximum atomic E-state index is 13.7. The Bertz CT molecular complexity index is 1360. The van der Waals surface area contributed by atoms with Crippen LogP contribution in [-0.4, -0.2) is 17.1 Å². The van der Waals surface area contributed by atoms with E-state index >= 15 is 0 Å². The number of aromatic nitrogens is 1. The summed E-state index contributed by atoms with van der Waals surface area (Å²) < 4.78 is 42.2. The Balaban J connectivity index is 1.48. The molecular weight excluding hydrogens is 516 g/mol. The third-order valence-corrected chi connectivity index (χ3v) is 6.78. The van der Waals surface area contributed by atoms with E-state index in [9.17, 15) is 18.0 Å². The van der Waals surface area contributed by atoms with Crippen molar-refractivity contribution in [3.63, 3.8) is 0 Å². The lowest BCUT2D eigenvalue weighted by atomic mass is 9.96. The van der Waals surface area contributed by atoms with E-state index in [1.54, 1.807) is 25.1 Å². The van der Waals surface area contributed by atoms with Crippen LogP contribution in [0.4, 0.5) is 13.2 Å². The largest absolute Gasteiger partial charge is 0.399 e. The molecule has 1 atom stereocenters. The number of hydrogen-bond donors (Lipinski definition) is 1. The van der Waals surface area contributed by atoms with Crippen molar-refractivity contribution in [1.29, 1.82) is 0 Å². The number of amides is 1. The number of nitrogens with zero attached hydrogens (tertiary/aromatic N) is 1. The Morgan fingerprint density at radius 1 is 1.09 bits per heavy atom. The average Bonchev–Trinajstić information content (AvgIpc) is 3.19. The van der Waals surface area contributed by atoms with E-state index < -0.39 is 12.1 Å². The van der Waals surface area contributed by atoms with Gasteiger partial charge in [-0.05, 0) is 60.0 Å². The molecule has 3 aromatic carbocycles. The smallest absolute Gasteiger partial charge is 0.346 e. The molecule has 1 unspecified atom stereocenters. The number of fused-ring (bicyclic) bond motifs is 1. The molecule has 0 aliphatic rings. The summed E-state index contributed by atoms with van der Waals surface area (Å²) in [4.78, 5) is 17.2. The van der Waals surface area contributed by atoms with E-state index in [0.717, 1.165) is 21.3 Å². The number of halogens is 5. The van der Waals surface area contributed by atoms with Crippen LogP contribution in [-0.2, 0) is 6.54 Å². The van der Waals surface area contributed by atoms with Gasteiger partial charge in [-0.2, -0.15) is 13.2 Å². The molecule has 0 bridgehead atoms. The number of benzene rings is 3. The Labute approximate surface area is 214 Å². The van der Waals surface area contributed by atoms with Gasteiger partial charge in [0.25, 0.3) is 5.91 Å². The first kappa shape index (κ1) is 25.2. The molecule has 1 N–H and O–H groups in total. The molecule has 180 valence electrons. The van der Waals surface area contributed by atoms with E-state index in [4.69, 9.17) is 23.2 Å². The minimum atomic E-state index is -4.53. The molecule has 0 radical (unpaired) electrons. The Kier molecular flexibility index (Phi) is 7.50. The Morgan fingerprint density at radius 3 is 2.46 bits per heavy atom. The van der Waals surface area contributed by atoms with E-state index in [1.165, 1.54) is 35.6 Å². The van der Waals surface area contributed by atoms with Gasteiger partial charge in [-0.1, -0.05) is 59.6 Å². The first-order valence-electron chi connectivity index (χ1n) is 10.5. The number of rotatable bonds is 6. The lowest BCUT2D eigenvalue weighted by Gasteiger charge is -2.18. The maximum absolute atomic E-state index is 13.7. The predicted molar refractivity (Wildman–Crippen MR) is 136 cm³/mol. The third kappa shape index (κ3) is 6.23. The monoisotopic (exact) mass is 534 g/mol. The highest BCUT2D eigenvalue weighted by Gasteiger charge is 2.39. The summed E-state index contributed by atoms with van der Waals surface area (Å²) in [5.41, 5.74) is 2.45. The molecule has 1 heterocycles. The zero-order valence-corrected chi connectivity index (χ0v) is 20.7. The van der Waals surface area contributed by atoms with Crippen LogP contribution >= 0.6 is 34.5 Å². The molecule has 0 saturated carbocycles. The standard InChI is InChI=1S/C26H19Cl2F3N2OS/c1-15-10-16(7-9-21(26(29,30)31)17-11-18(27)13-19(28)12-17)6-8-20(15)25(34)32-14-24-33-22-4-2-3-5-23(22)35-24/h2-13,21H,14H2,1H3,(H,32,34)/b9-7+. The third-order valence-electron chi connectivity index (χ3n) is 5.31. The molecule has 4 aromatic rings. The molecular formula is C26H19Cl2F3N2OS. The van der Waals surface area contributed by atoms with Crippen LogP contribution in [0.5, 0.6) is 0 Å². The number of alkyl halides is 3. The predicted octanol–water partition coefficient (Wildman–Crippen LogP) is 8.20. The molecule has 4 rings (SSSR count). The normalized spacial score (nSPS) is 12.9. The Hall–Kier alpha value is -2.87. The van der Waals surface area contributed by atoms with Crippen molar-refractivity contribution in [2.24, 2.45) is 0 Å². The molecule has 35 heavy (non-hydrogen) atoms. The zero-order chi connectivity index (χ0) is 25.2. The van der Waals surface area contributed by atoms with E-state index in [0.29, 0.717) is 16.7 Å². The van der Waals surface area contributed by atoms with Crippen molar-refractivity contribution in [1.82, 2.24) is 10.3 Å². The van der Waals surface area contributed by atoms with Crippen LogP contribution in [0, 0.1) is 6.92 Å². The summed E-state index contributed by atoms with van der Waals surface area (Å²) in [7, 11) is 0. The number of carbonyl (C=O) groups is 1. The second-order valence-corrected chi connectivity index (χ2v) is 9.90. The molecule has 1 aromatic heterocycles. The number of hydrogen-bond acceptors (Lipinski definition) is 3. The zero-order valence-electron chi connectivity index (χ0n) is 18.4. The molecule has 0 saturated heterocycles. The molecule has 9 heteroatoms. The van der Waals surface area contributed by atoms with Gasteiger partial charge in [-0.15, -0.1) is 11.3 Å². The number of para-hydroxylation sites is 1. The van der Waals surface area contributed by atoms with Gasteiger partial charge in [-0.3, -0.25) is 4.79 Å². The minimum absolute atomic E-state index is 0.0474. The first-order chi connectivity index (χ1) is 16.6. The summed E-state index contributed by atoms with van der Waals surface area (Å²) in [6.07, 6.45) is -2.09. The average molecular weight is 535 g/mol. The van der Waals surface area contributed by atoms with Gasteiger partial charge >= 0.3 is 6.18 Å². The lowest BCUT2D eigenvalue weighted by Crippen LogP contribution is -2.23. The highest BCUT2D eigenvalue weighted by Crippen LogP contribution is 2.38.